The van der Waals surface area contributed by atoms with Crippen LogP contribution in [0.1, 0.15) is 39.5 Å². The standard InChI is InChI=1S/C9H20O3S.C7H14O4.CH4O/c1-3-4-13-6-8(11)5-9(12)7(2)10;8-3-4-1-2-5(9)7(11)6(4)10;1-2/h7-12H,3-6H2,1-2H3;4-11H,1-3H2;2H,1H3. The highest BCUT2D eigenvalue weighted by Crippen LogP contribution is 2.24. The molecule has 9 heteroatoms. The minimum atomic E-state index is -1.10. The molecule has 7 atom stereocenters. The van der Waals surface area contributed by atoms with Crippen LogP contribution in [0.4, 0.5) is 0 Å². The monoisotopic (exact) mass is 402 g/mol. The van der Waals surface area contributed by atoms with Gasteiger partial charge in [0.05, 0.1) is 30.5 Å². The molecule has 8 N–H and O–H groups in total. The second-order valence-corrected chi connectivity index (χ2v) is 7.49. The maximum Gasteiger partial charge on any atom is 0.106 e. The van der Waals surface area contributed by atoms with Crippen LogP contribution in [0.5, 0.6) is 0 Å². The van der Waals surface area contributed by atoms with Crippen molar-refractivity contribution < 1.29 is 40.9 Å². The van der Waals surface area contributed by atoms with Gasteiger partial charge in [0.25, 0.3) is 0 Å². The van der Waals surface area contributed by atoms with Crippen molar-refractivity contribution in [2.45, 2.75) is 76.2 Å². The lowest BCUT2D eigenvalue weighted by atomic mass is 9.83. The van der Waals surface area contributed by atoms with Gasteiger partial charge in [0.1, 0.15) is 6.10 Å². The van der Waals surface area contributed by atoms with Gasteiger partial charge in [-0.1, -0.05) is 6.92 Å². The second-order valence-electron chi connectivity index (χ2n) is 6.34. The van der Waals surface area contributed by atoms with Gasteiger partial charge in [0.2, 0.25) is 0 Å². The summed E-state index contributed by atoms with van der Waals surface area (Å²) in [4.78, 5) is 0. The highest BCUT2D eigenvalue weighted by molar-refractivity contribution is 7.99. The van der Waals surface area contributed by atoms with E-state index in [0.717, 1.165) is 19.3 Å². The smallest absolute Gasteiger partial charge is 0.106 e. The van der Waals surface area contributed by atoms with Crippen LogP contribution in [0.2, 0.25) is 0 Å². The third kappa shape index (κ3) is 12.4. The predicted molar refractivity (Wildman–Crippen MR) is 102 cm³/mol. The van der Waals surface area contributed by atoms with Gasteiger partial charge in [0, 0.05) is 31.8 Å². The molecule has 1 saturated carbocycles. The molecule has 0 saturated heterocycles. The SMILES string of the molecule is CCCSCC(O)CC(O)C(C)O.CO.OCC1CCC(O)C(O)C1O. The van der Waals surface area contributed by atoms with E-state index in [1.54, 1.807) is 11.8 Å². The first-order chi connectivity index (χ1) is 12.2. The van der Waals surface area contributed by atoms with E-state index in [4.69, 9.17) is 25.5 Å². The molecular formula is C17H38O8S. The van der Waals surface area contributed by atoms with E-state index < -0.39 is 36.6 Å². The Kier molecular flexibility index (Phi) is 18.6. The molecule has 0 heterocycles. The number of aliphatic hydroxyl groups excluding tert-OH is 8. The van der Waals surface area contributed by atoms with E-state index in [0.29, 0.717) is 18.6 Å². The third-order valence-electron chi connectivity index (χ3n) is 4.02. The molecule has 0 bridgehead atoms. The first-order valence-corrected chi connectivity index (χ1v) is 10.1. The number of rotatable bonds is 8. The molecule has 0 aromatic heterocycles. The average molecular weight is 403 g/mol. The summed E-state index contributed by atoms with van der Waals surface area (Å²) in [6.45, 7) is 3.48. The molecule has 0 aromatic carbocycles. The summed E-state index contributed by atoms with van der Waals surface area (Å²) >= 11 is 1.67. The van der Waals surface area contributed by atoms with Gasteiger partial charge in [-0.15, -0.1) is 0 Å². The molecule has 1 rings (SSSR count). The molecule has 0 aromatic rings. The van der Waals surface area contributed by atoms with Crippen molar-refractivity contribution in [3.63, 3.8) is 0 Å². The Morgan fingerprint density at radius 3 is 2.04 bits per heavy atom. The zero-order chi connectivity index (χ0) is 20.7. The van der Waals surface area contributed by atoms with Crippen molar-refractivity contribution in [1.29, 1.82) is 0 Å². The van der Waals surface area contributed by atoms with Gasteiger partial charge in [-0.05, 0) is 31.9 Å². The highest BCUT2D eigenvalue weighted by atomic mass is 32.2. The molecule has 7 unspecified atom stereocenters. The Labute approximate surface area is 160 Å². The van der Waals surface area contributed by atoms with Crippen molar-refractivity contribution in [1.82, 2.24) is 0 Å². The lowest BCUT2D eigenvalue weighted by Gasteiger charge is -2.33. The third-order valence-corrected chi connectivity index (χ3v) is 5.34. The van der Waals surface area contributed by atoms with Gasteiger partial charge in [0.15, 0.2) is 0 Å². The number of thioether (sulfide) groups is 1. The Balaban J connectivity index is 0. The summed E-state index contributed by atoms with van der Waals surface area (Å²) < 4.78 is 0. The maximum absolute atomic E-state index is 9.40. The van der Waals surface area contributed by atoms with E-state index in [-0.39, 0.29) is 18.9 Å². The lowest BCUT2D eigenvalue weighted by molar-refractivity contribution is -0.118. The zero-order valence-electron chi connectivity index (χ0n) is 16.0. The first-order valence-electron chi connectivity index (χ1n) is 8.96. The van der Waals surface area contributed by atoms with Crippen molar-refractivity contribution in [2.75, 3.05) is 25.2 Å². The fourth-order valence-corrected chi connectivity index (χ4v) is 3.20. The molecule has 160 valence electrons. The van der Waals surface area contributed by atoms with Gasteiger partial charge in [-0.3, -0.25) is 0 Å². The van der Waals surface area contributed by atoms with Gasteiger partial charge < -0.3 is 40.9 Å². The van der Waals surface area contributed by atoms with Crippen LogP contribution < -0.4 is 0 Å². The number of hydrogen-bond donors (Lipinski definition) is 8. The summed E-state index contributed by atoms with van der Waals surface area (Å²) in [5, 5.41) is 70.8. The van der Waals surface area contributed by atoms with E-state index in [1.807, 2.05) is 0 Å². The molecule has 0 radical (unpaired) electrons. The fraction of sp³-hybridized carbons (Fsp3) is 1.00. The van der Waals surface area contributed by atoms with Crippen molar-refractivity contribution in [3.8, 4) is 0 Å². The van der Waals surface area contributed by atoms with Crippen LogP contribution >= 0.6 is 11.8 Å². The van der Waals surface area contributed by atoms with Crippen LogP contribution in [0.25, 0.3) is 0 Å². The summed E-state index contributed by atoms with van der Waals surface area (Å²) in [6, 6.07) is 0. The van der Waals surface area contributed by atoms with E-state index in [9.17, 15) is 15.3 Å². The second kappa shape index (κ2) is 17.2. The van der Waals surface area contributed by atoms with Crippen LogP contribution in [0.15, 0.2) is 0 Å². The Hall–Kier alpha value is 0.0300. The van der Waals surface area contributed by atoms with Crippen LogP contribution in [-0.2, 0) is 0 Å². The van der Waals surface area contributed by atoms with Crippen molar-refractivity contribution >= 4 is 11.8 Å². The largest absolute Gasteiger partial charge is 0.400 e. The van der Waals surface area contributed by atoms with Crippen LogP contribution in [0, 0.1) is 5.92 Å². The topological polar surface area (TPSA) is 162 Å². The quantitative estimate of drug-likeness (QED) is 0.231. The normalized spacial score (nSPS) is 28.7. The Morgan fingerprint density at radius 1 is 1.00 bits per heavy atom. The molecule has 26 heavy (non-hydrogen) atoms. The molecular weight excluding hydrogens is 364 g/mol. The summed E-state index contributed by atoms with van der Waals surface area (Å²) in [5.74, 6) is 1.38. The van der Waals surface area contributed by atoms with Gasteiger partial charge >= 0.3 is 0 Å². The van der Waals surface area contributed by atoms with Crippen molar-refractivity contribution in [2.24, 2.45) is 5.92 Å². The van der Waals surface area contributed by atoms with E-state index in [1.165, 1.54) is 6.92 Å². The predicted octanol–water partition coefficient (Wildman–Crippen LogP) is -1.30. The maximum atomic E-state index is 9.40. The summed E-state index contributed by atoms with van der Waals surface area (Å²) in [5.41, 5.74) is 0. The first kappa shape index (κ1) is 28.2. The van der Waals surface area contributed by atoms with Crippen LogP contribution in [0.3, 0.4) is 0 Å². The molecule has 0 amide bonds. The lowest BCUT2D eigenvalue weighted by Crippen LogP contribution is -2.47. The Bertz CT molecular complexity index is 306. The number of aliphatic hydroxyl groups is 8. The highest BCUT2D eigenvalue weighted by Gasteiger charge is 2.35. The molecule has 8 nitrogen and oxygen atoms in total. The molecule has 1 aliphatic rings. The average Bonchev–Trinajstić information content (AvgIpc) is 2.62. The summed E-state index contributed by atoms with van der Waals surface area (Å²) in [7, 11) is 1.00. The van der Waals surface area contributed by atoms with Gasteiger partial charge in [-0.2, -0.15) is 11.8 Å². The fourth-order valence-electron chi connectivity index (χ4n) is 2.34. The molecule has 0 spiro atoms. The Morgan fingerprint density at radius 2 is 1.58 bits per heavy atom. The minimum Gasteiger partial charge on any atom is -0.400 e. The summed E-state index contributed by atoms with van der Waals surface area (Å²) in [6.07, 6.45) is -2.63. The molecule has 1 fully saturated rings. The molecule has 0 aliphatic heterocycles. The minimum absolute atomic E-state index is 0.134. The number of hydrogen-bond acceptors (Lipinski definition) is 9. The zero-order valence-corrected chi connectivity index (χ0v) is 16.8. The van der Waals surface area contributed by atoms with Crippen molar-refractivity contribution in [3.05, 3.63) is 0 Å². The van der Waals surface area contributed by atoms with Gasteiger partial charge in [-0.25, -0.2) is 0 Å². The van der Waals surface area contributed by atoms with E-state index in [2.05, 4.69) is 6.92 Å². The van der Waals surface area contributed by atoms with E-state index >= 15 is 0 Å². The molecule has 1 aliphatic carbocycles. The van der Waals surface area contributed by atoms with Crippen LogP contribution in [-0.4, -0.2) is 103 Å².